The van der Waals surface area contributed by atoms with Gasteiger partial charge in [0.25, 0.3) is 0 Å². The quantitative estimate of drug-likeness (QED) is 0.752. The number of aliphatic hydroxyl groups is 1. The molecule has 19 heavy (non-hydrogen) atoms. The second kappa shape index (κ2) is 7.67. The Balaban J connectivity index is 2.41. The van der Waals surface area contributed by atoms with E-state index >= 15 is 0 Å². The molecule has 0 bridgehead atoms. The van der Waals surface area contributed by atoms with Gasteiger partial charge < -0.3 is 10.4 Å². The average Bonchev–Trinajstić information content (AvgIpc) is 2.36. The number of aliphatic hydroxyl groups excluding tert-OH is 1. The molecule has 1 aromatic rings. The molecule has 2 N–H and O–H groups in total. The van der Waals surface area contributed by atoms with Crippen molar-refractivity contribution in [2.75, 3.05) is 19.3 Å². The topological polar surface area (TPSA) is 49.3 Å². The van der Waals surface area contributed by atoms with Crippen LogP contribution in [0.4, 0.5) is 8.78 Å². The monoisotopic (exact) mass is 291 g/mol. The highest BCUT2D eigenvalue weighted by Crippen LogP contribution is 2.17. The van der Waals surface area contributed by atoms with E-state index in [1.165, 1.54) is 0 Å². The van der Waals surface area contributed by atoms with Gasteiger partial charge in [-0.15, -0.1) is 0 Å². The van der Waals surface area contributed by atoms with Crippen molar-refractivity contribution in [3.8, 4) is 0 Å². The van der Waals surface area contributed by atoms with Gasteiger partial charge in [0.1, 0.15) is 11.6 Å². The van der Waals surface area contributed by atoms with Crippen LogP contribution in [0.2, 0.25) is 0 Å². The van der Waals surface area contributed by atoms with Gasteiger partial charge in [-0.25, -0.2) is 8.78 Å². The molecule has 1 rings (SSSR count). The number of hydrogen-bond donors (Lipinski definition) is 2. The third-order valence-corrected chi connectivity index (χ3v) is 4.32. The fraction of sp³-hybridized carbons (Fsp3) is 0.538. The molecule has 6 heteroatoms. The summed E-state index contributed by atoms with van der Waals surface area (Å²) in [5.74, 6) is -1.20. The van der Waals surface area contributed by atoms with Crippen LogP contribution in [0.25, 0.3) is 0 Å². The fourth-order valence-electron chi connectivity index (χ4n) is 1.59. The van der Waals surface area contributed by atoms with Gasteiger partial charge in [-0.2, -0.15) is 0 Å². The van der Waals surface area contributed by atoms with E-state index in [1.807, 2.05) is 6.92 Å². The van der Waals surface area contributed by atoms with Gasteiger partial charge >= 0.3 is 0 Å². The highest BCUT2D eigenvalue weighted by Gasteiger charge is 2.13. The Morgan fingerprint density at radius 3 is 2.74 bits per heavy atom. The maximum atomic E-state index is 13.4. The summed E-state index contributed by atoms with van der Waals surface area (Å²) in [7, 11) is -0.879. The SMILES string of the molecule is CC(CCNCC(O)c1cc(F)ccc1F)S(C)=O. The largest absolute Gasteiger partial charge is 0.387 e. The molecule has 3 unspecified atom stereocenters. The summed E-state index contributed by atoms with van der Waals surface area (Å²) in [5, 5.41) is 12.8. The summed E-state index contributed by atoms with van der Waals surface area (Å²) in [6.45, 7) is 2.57. The van der Waals surface area contributed by atoms with Crippen molar-refractivity contribution in [2.45, 2.75) is 24.7 Å². The molecule has 3 atom stereocenters. The van der Waals surface area contributed by atoms with E-state index in [-0.39, 0.29) is 17.4 Å². The predicted molar refractivity (Wildman–Crippen MR) is 72.3 cm³/mol. The second-order valence-electron chi connectivity index (χ2n) is 4.48. The van der Waals surface area contributed by atoms with Crippen LogP contribution in [0.1, 0.15) is 25.0 Å². The zero-order valence-electron chi connectivity index (χ0n) is 11.0. The van der Waals surface area contributed by atoms with E-state index in [0.717, 1.165) is 18.2 Å². The summed E-state index contributed by atoms with van der Waals surface area (Å²) in [6, 6.07) is 3.00. The molecule has 0 aliphatic heterocycles. The van der Waals surface area contributed by atoms with E-state index in [4.69, 9.17) is 0 Å². The van der Waals surface area contributed by atoms with Crippen LogP contribution < -0.4 is 5.32 Å². The summed E-state index contributed by atoms with van der Waals surface area (Å²) in [6.07, 6.45) is 1.24. The zero-order valence-corrected chi connectivity index (χ0v) is 11.8. The summed E-state index contributed by atoms with van der Waals surface area (Å²) in [4.78, 5) is 0. The lowest BCUT2D eigenvalue weighted by atomic mass is 10.1. The molecular weight excluding hydrogens is 272 g/mol. The summed E-state index contributed by atoms with van der Waals surface area (Å²) in [5.41, 5.74) is -0.0559. The van der Waals surface area contributed by atoms with Gasteiger partial charge in [0.05, 0.1) is 6.10 Å². The summed E-state index contributed by atoms with van der Waals surface area (Å²) < 4.78 is 37.4. The summed E-state index contributed by atoms with van der Waals surface area (Å²) >= 11 is 0. The molecule has 0 amide bonds. The minimum absolute atomic E-state index is 0.0559. The van der Waals surface area contributed by atoms with Crippen LogP contribution in [0, 0.1) is 11.6 Å². The minimum Gasteiger partial charge on any atom is -0.387 e. The first-order valence-corrected chi connectivity index (χ1v) is 7.70. The third-order valence-electron chi connectivity index (χ3n) is 2.95. The van der Waals surface area contributed by atoms with E-state index in [0.29, 0.717) is 13.0 Å². The first-order valence-electron chi connectivity index (χ1n) is 6.07. The van der Waals surface area contributed by atoms with Gasteiger partial charge in [-0.05, 0) is 31.2 Å². The Hall–Kier alpha value is -0.850. The number of benzene rings is 1. The smallest absolute Gasteiger partial charge is 0.129 e. The van der Waals surface area contributed by atoms with Gasteiger partial charge in [0, 0.05) is 34.4 Å². The Morgan fingerprint density at radius 1 is 1.42 bits per heavy atom. The Morgan fingerprint density at radius 2 is 2.11 bits per heavy atom. The van der Waals surface area contributed by atoms with Crippen LogP contribution in [-0.4, -0.2) is 33.9 Å². The van der Waals surface area contributed by atoms with E-state index < -0.39 is 28.5 Å². The highest BCUT2D eigenvalue weighted by atomic mass is 32.2. The average molecular weight is 291 g/mol. The van der Waals surface area contributed by atoms with Crippen molar-refractivity contribution < 1.29 is 18.1 Å². The number of nitrogens with one attached hydrogen (secondary N) is 1. The molecule has 0 fully saturated rings. The molecule has 0 saturated carbocycles. The molecular formula is C13H19F2NO2S. The van der Waals surface area contributed by atoms with E-state index in [1.54, 1.807) is 6.26 Å². The molecule has 0 aliphatic rings. The molecule has 0 aromatic heterocycles. The molecule has 3 nitrogen and oxygen atoms in total. The normalized spacial score (nSPS) is 16.1. The Labute approximate surface area is 114 Å². The van der Waals surface area contributed by atoms with Crippen molar-refractivity contribution in [2.24, 2.45) is 0 Å². The van der Waals surface area contributed by atoms with Crippen LogP contribution in [0.15, 0.2) is 18.2 Å². The number of rotatable bonds is 7. The van der Waals surface area contributed by atoms with Crippen molar-refractivity contribution in [1.82, 2.24) is 5.32 Å². The molecule has 0 spiro atoms. The van der Waals surface area contributed by atoms with Gasteiger partial charge in [0.2, 0.25) is 0 Å². The molecule has 0 aliphatic carbocycles. The van der Waals surface area contributed by atoms with Crippen molar-refractivity contribution in [3.05, 3.63) is 35.4 Å². The minimum atomic E-state index is -1.10. The van der Waals surface area contributed by atoms with Gasteiger partial charge in [0.15, 0.2) is 0 Å². The fourth-order valence-corrected chi connectivity index (χ4v) is 2.04. The second-order valence-corrected chi connectivity index (χ2v) is 6.29. The number of halogens is 2. The van der Waals surface area contributed by atoms with Crippen molar-refractivity contribution >= 4 is 10.8 Å². The Bertz CT molecular complexity index is 443. The first-order chi connectivity index (χ1) is 8.91. The lowest BCUT2D eigenvalue weighted by molar-refractivity contribution is 0.169. The van der Waals surface area contributed by atoms with E-state index in [9.17, 15) is 18.1 Å². The molecule has 0 heterocycles. The molecule has 0 radical (unpaired) electrons. The van der Waals surface area contributed by atoms with Crippen LogP contribution in [0.5, 0.6) is 0 Å². The Kier molecular flexibility index (Phi) is 6.54. The van der Waals surface area contributed by atoms with Crippen molar-refractivity contribution in [3.63, 3.8) is 0 Å². The predicted octanol–water partition coefficient (Wildman–Crippen LogP) is 1.74. The number of hydrogen-bond acceptors (Lipinski definition) is 3. The van der Waals surface area contributed by atoms with Gasteiger partial charge in [-0.1, -0.05) is 6.92 Å². The van der Waals surface area contributed by atoms with Crippen molar-refractivity contribution in [1.29, 1.82) is 0 Å². The van der Waals surface area contributed by atoms with Gasteiger partial charge in [-0.3, -0.25) is 4.21 Å². The van der Waals surface area contributed by atoms with Crippen LogP contribution in [-0.2, 0) is 10.8 Å². The van der Waals surface area contributed by atoms with Crippen LogP contribution in [0.3, 0.4) is 0 Å². The molecule has 108 valence electrons. The maximum absolute atomic E-state index is 13.4. The lowest BCUT2D eigenvalue weighted by Crippen LogP contribution is -2.26. The lowest BCUT2D eigenvalue weighted by Gasteiger charge is -2.14. The molecule has 0 saturated heterocycles. The van der Waals surface area contributed by atoms with Crippen LogP contribution >= 0.6 is 0 Å². The third kappa shape index (κ3) is 5.34. The maximum Gasteiger partial charge on any atom is 0.129 e. The zero-order chi connectivity index (χ0) is 14.4. The van der Waals surface area contributed by atoms with E-state index in [2.05, 4.69) is 5.32 Å². The molecule has 1 aromatic carbocycles. The first kappa shape index (κ1) is 16.2. The standard InChI is InChI=1S/C13H19F2NO2S/c1-9(19(2)18)5-6-16-8-13(17)11-7-10(14)3-4-12(11)15/h3-4,7,9,13,16-17H,5-6,8H2,1-2H3. The highest BCUT2D eigenvalue weighted by molar-refractivity contribution is 7.84.